The van der Waals surface area contributed by atoms with Crippen LogP contribution in [-0.2, 0) is 11.3 Å². The number of nitrogens with one attached hydrogen (secondary N) is 1. The van der Waals surface area contributed by atoms with Crippen molar-refractivity contribution in [2.24, 2.45) is 4.99 Å². The largest absolute Gasteiger partial charge is 0.495 e. The Bertz CT molecular complexity index is 383. The third-order valence-electron chi connectivity index (χ3n) is 2.24. The van der Waals surface area contributed by atoms with Gasteiger partial charge in [-0.15, -0.1) is 0 Å². The fourth-order valence-electron chi connectivity index (χ4n) is 1.31. The number of ether oxygens (including phenoxy) is 1. The fraction of sp³-hybridized carbons (Fsp3) is 0.308. The van der Waals surface area contributed by atoms with Crippen LogP contribution in [0.3, 0.4) is 0 Å². The molecule has 0 aliphatic heterocycles. The van der Waals surface area contributed by atoms with Crippen LogP contribution < -0.4 is 5.32 Å². The van der Waals surface area contributed by atoms with Gasteiger partial charge in [-0.05, 0) is 23.8 Å². The van der Waals surface area contributed by atoms with Gasteiger partial charge in [0.25, 0.3) is 0 Å². The summed E-state index contributed by atoms with van der Waals surface area (Å²) in [6, 6.07) is 7.63. The third-order valence-corrected chi connectivity index (χ3v) is 2.24. The Hall–Kier alpha value is -1.81. The van der Waals surface area contributed by atoms with Gasteiger partial charge in [-0.25, -0.2) is 0 Å². The van der Waals surface area contributed by atoms with Gasteiger partial charge in [0.2, 0.25) is 0 Å². The number of methoxy groups -OCH3 is 1. The molecule has 4 heteroatoms. The molecule has 0 atom stereocenters. The molecule has 0 spiro atoms. The van der Waals surface area contributed by atoms with Crippen molar-refractivity contribution < 1.29 is 9.84 Å². The highest BCUT2D eigenvalue weighted by Crippen LogP contribution is 2.09. The predicted octanol–water partition coefficient (Wildman–Crippen LogP) is 1.82. The maximum Gasteiger partial charge on any atom is 0.134 e. The van der Waals surface area contributed by atoms with E-state index in [1.54, 1.807) is 20.4 Å². The van der Waals surface area contributed by atoms with E-state index in [0.717, 1.165) is 17.0 Å². The van der Waals surface area contributed by atoms with E-state index in [4.69, 9.17) is 9.84 Å². The number of rotatable bonds is 6. The van der Waals surface area contributed by atoms with Crippen molar-refractivity contribution in [2.45, 2.75) is 6.61 Å². The maximum absolute atomic E-state index is 8.91. The number of aliphatic hydroxyl groups excluding tert-OH is 1. The average Bonchev–Trinajstić information content (AvgIpc) is 2.38. The minimum atomic E-state index is 0.0704. The molecule has 0 bridgehead atoms. The maximum atomic E-state index is 8.91. The summed E-state index contributed by atoms with van der Waals surface area (Å²) in [6.07, 6.45) is 3.57. The molecule has 0 aliphatic rings. The third kappa shape index (κ3) is 4.70. The molecule has 4 nitrogen and oxygen atoms in total. The van der Waals surface area contributed by atoms with Crippen LogP contribution in [0.5, 0.6) is 0 Å². The van der Waals surface area contributed by atoms with Gasteiger partial charge in [-0.1, -0.05) is 12.1 Å². The molecule has 0 fully saturated rings. The van der Waals surface area contributed by atoms with Crippen molar-refractivity contribution in [3.63, 3.8) is 0 Å². The summed E-state index contributed by atoms with van der Waals surface area (Å²) in [6.45, 7) is 0.731. The minimum Gasteiger partial charge on any atom is -0.495 e. The fourth-order valence-corrected chi connectivity index (χ4v) is 1.31. The number of hydrogen-bond donors (Lipinski definition) is 2. The van der Waals surface area contributed by atoms with Crippen LogP contribution in [0.1, 0.15) is 5.56 Å². The summed E-state index contributed by atoms with van der Waals surface area (Å²) in [4.78, 5) is 3.88. The molecular formula is C13H18N2O2. The molecule has 92 valence electrons. The Labute approximate surface area is 102 Å². The molecule has 0 saturated heterocycles. The number of benzene rings is 1. The molecule has 0 saturated carbocycles. The Morgan fingerprint density at radius 1 is 1.41 bits per heavy atom. The van der Waals surface area contributed by atoms with Gasteiger partial charge < -0.3 is 15.2 Å². The summed E-state index contributed by atoms with van der Waals surface area (Å²) >= 11 is 0. The van der Waals surface area contributed by atoms with Crippen LogP contribution >= 0.6 is 0 Å². The van der Waals surface area contributed by atoms with Gasteiger partial charge >= 0.3 is 0 Å². The summed E-state index contributed by atoms with van der Waals surface area (Å²) in [7, 11) is 3.32. The molecule has 0 aliphatic carbocycles. The lowest BCUT2D eigenvalue weighted by Gasteiger charge is -2.05. The number of nitrogens with zero attached hydrogens (tertiary/aromatic N) is 1. The van der Waals surface area contributed by atoms with Crippen molar-refractivity contribution in [3.05, 3.63) is 41.7 Å². The van der Waals surface area contributed by atoms with E-state index in [2.05, 4.69) is 10.3 Å². The topological polar surface area (TPSA) is 53.9 Å². The lowest BCUT2D eigenvalue weighted by molar-refractivity contribution is 0.282. The summed E-state index contributed by atoms with van der Waals surface area (Å²) < 4.78 is 5.10. The molecule has 0 heterocycles. The zero-order valence-electron chi connectivity index (χ0n) is 10.2. The van der Waals surface area contributed by atoms with Gasteiger partial charge in [0.15, 0.2) is 0 Å². The first-order chi connectivity index (χ1) is 8.30. The highest BCUT2D eigenvalue weighted by molar-refractivity contribution is 5.75. The molecule has 17 heavy (non-hydrogen) atoms. The molecule has 1 aromatic carbocycles. The van der Waals surface area contributed by atoms with Crippen LogP contribution in [0.25, 0.3) is 0 Å². The van der Waals surface area contributed by atoms with E-state index in [1.165, 1.54) is 0 Å². The number of aliphatic imine (C=N–C) groups is 1. The molecule has 1 aromatic rings. The second-order valence-electron chi connectivity index (χ2n) is 3.43. The Morgan fingerprint density at radius 2 is 2.12 bits per heavy atom. The van der Waals surface area contributed by atoms with Gasteiger partial charge in [-0.2, -0.15) is 0 Å². The van der Waals surface area contributed by atoms with Crippen molar-refractivity contribution in [1.82, 2.24) is 0 Å². The van der Waals surface area contributed by atoms with E-state index in [1.807, 2.05) is 30.3 Å². The Balaban J connectivity index is 2.49. The predicted molar refractivity (Wildman–Crippen MR) is 70.4 cm³/mol. The van der Waals surface area contributed by atoms with Crippen LogP contribution in [-0.4, -0.2) is 32.0 Å². The number of allylic oxidation sites excluding steroid dienone is 1. The van der Waals surface area contributed by atoms with E-state index in [0.29, 0.717) is 6.54 Å². The highest BCUT2D eigenvalue weighted by atomic mass is 16.5. The van der Waals surface area contributed by atoms with E-state index < -0.39 is 0 Å². The molecule has 0 amide bonds. The van der Waals surface area contributed by atoms with Gasteiger partial charge in [0.05, 0.1) is 19.9 Å². The van der Waals surface area contributed by atoms with E-state index in [-0.39, 0.29) is 6.61 Å². The van der Waals surface area contributed by atoms with Gasteiger partial charge in [0, 0.05) is 19.3 Å². The minimum absolute atomic E-state index is 0.0704. The Morgan fingerprint density at radius 3 is 2.65 bits per heavy atom. The highest BCUT2D eigenvalue weighted by Gasteiger charge is 1.93. The van der Waals surface area contributed by atoms with Gasteiger partial charge in [0.1, 0.15) is 5.76 Å². The van der Waals surface area contributed by atoms with Crippen molar-refractivity contribution in [3.8, 4) is 0 Å². The first kappa shape index (κ1) is 13.3. The first-order valence-corrected chi connectivity index (χ1v) is 5.40. The average molecular weight is 234 g/mol. The van der Waals surface area contributed by atoms with Crippen molar-refractivity contribution in [2.75, 3.05) is 26.0 Å². The van der Waals surface area contributed by atoms with Crippen molar-refractivity contribution >= 4 is 11.9 Å². The molecule has 0 radical (unpaired) electrons. The molecule has 2 N–H and O–H groups in total. The zero-order chi connectivity index (χ0) is 12.5. The van der Waals surface area contributed by atoms with Gasteiger partial charge in [-0.3, -0.25) is 4.99 Å². The SMILES string of the molecule is C/N=C\C(=C/CNc1ccc(CO)cc1)OC. The van der Waals surface area contributed by atoms with Crippen LogP contribution in [0.15, 0.2) is 41.1 Å². The summed E-state index contributed by atoms with van der Waals surface area (Å²) in [5.74, 6) is 0.729. The summed E-state index contributed by atoms with van der Waals surface area (Å²) in [5, 5.41) is 12.1. The first-order valence-electron chi connectivity index (χ1n) is 5.40. The van der Waals surface area contributed by atoms with E-state index in [9.17, 15) is 0 Å². The number of anilines is 1. The van der Waals surface area contributed by atoms with E-state index >= 15 is 0 Å². The zero-order valence-corrected chi connectivity index (χ0v) is 10.2. The van der Waals surface area contributed by atoms with Crippen molar-refractivity contribution in [1.29, 1.82) is 0 Å². The standard InChI is InChI=1S/C13H18N2O2/c1-14-9-13(17-2)7-8-15-12-5-3-11(10-16)4-6-12/h3-7,9,15-16H,8,10H2,1-2H3/b13-7+,14-9-. The molecule has 1 rings (SSSR count). The number of hydrogen-bond acceptors (Lipinski definition) is 4. The van der Waals surface area contributed by atoms with Crippen LogP contribution in [0.4, 0.5) is 5.69 Å². The summed E-state index contributed by atoms with van der Waals surface area (Å²) in [5.41, 5.74) is 1.91. The molecule has 0 unspecified atom stereocenters. The normalized spacial score (nSPS) is 11.8. The lowest BCUT2D eigenvalue weighted by Crippen LogP contribution is -2.01. The molecule has 0 aromatic heterocycles. The smallest absolute Gasteiger partial charge is 0.134 e. The monoisotopic (exact) mass is 234 g/mol. The second-order valence-corrected chi connectivity index (χ2v) is 3.43. The lowest BCUT2D eigenvalue weighted by atomic mass is 10.2. The molecular weight excluding hydrogens is 216 g/mol. The van der Waals surface area contributed by atoms with Crippen LogP contribution in [0, 0.1) is 0 Å². The second kappa shape index (κ2) is 7.46. The quantitative estimate of drug-likeness (QED) is 0.583. The number of aliphatic hydroxyl groups is 1. The van der Waals surface area contributed by atoms with Crippen LogP contribution in [0.2, 0.25) is 0 Å². The Kier molecular flexibility index (Phi) is 5.82.